The van der Waals surface area contributed by atoms with Crippen molar-refractivity contribution in [1.82, 2.24) is 14.7 Å². The maximum Gasteiger partial charge on any atom is 0.243 e. The van der Waals surface area contributed by atoms with E-state index in [2.05, 4.69) is 26.9 Å². The Morgan fingerprint density at radius 3 is 2.50 bits per heavy atom. The Bertz CT molecular complexity index is 500. The standard InChI is InChI=1S/C11H18N4O2S/c1-3-8-5-10(8)15-18(16,17)9-6-13-11(12-4-2)14-7-9/h6-8,10,15H,3-5H2,1-2H3,(H,12,13,14). The van der Waals surface area contributed by atoms with Gasteiger partial charge in [0, 0.05) is 12.6 Å². The number of rotatable bonds is 6. The highest BCUT2D eigenvalue weighted by molar-refractivity contribution is 7.89. The first kappa shape index (κ1) is 13.2. The fourth-order valence-corrected chi connectivity index (χ4v) is 3.02. The van der Waals surface area contributed by atoms with Gasteiger partial charge in [-0.25, -0.2) is 23.1 Å². The maximum absolute atomic E-state index is 12.0. The van der Waals surface area contributed by atoms with Crippen molar-refractivity contribution in [1.29, 1.82) is 0 Å². The highest BCUT2D eigenvalue weighted by Gasteiger charge is 2.38. The molecule has 100 valence electrons. The summed E-state index contributed by atoms with van der Waals surface area (Å²) >= 11 is 0. The molecule has 0 amide bonds. The van der Waals surface area contributed by atoms with Crippen LogP contribution in [0.25, 0.3) is 0 Å². The lowest BCUT2D eigenvalue weighted by Crippen LogP contribution is -2.27. The Hall–Kier alpha value is -1.21. The van der Waals surface area contributed by atoms with Gasteiger partial charge in [-0.05, 0) is 19.3 Å². The van der Waals surface area contributed by atoms with Crippen molar-refractivity contribution in [2.24, 2.45) is 5.92 Å². The van der Waals surface area contributed by atoms with E-state index in [1.54, 1.807) is 0 Å². The molecule has 2 unspecified atom stereocenters. The van der Waals surface area contributed by atoms with Crippen molar-refractivity contribution in [3.05, 3.63) is 12.4 Å². The van der Waals surface area contributed by atoms with Crippen LogP contribution >= 0.6 is 0 Å². The van der Waals surface area contributed by atoms with Crippen molar-refractivity contribution in [3.63, 3.8) is 0 Å². The molecule has 1 aliphatic carbocycles. The largest absolute Gasteiger partial charge is 0.355 e. The van der Waals surface area contributed by atoms with Crippen molar-refractivity contribution >= 4 is 16.0 Å². The third-order valence-corrected chi connectivity index (χ3v) is 4.47. The summed E-state index contributed by atoms with van der Waals surface area (Å²) in [4.78, 5) is 8.04. The molecule has 1 fully saturated rings. The Labute approximate surface area is 107 Å². The summed E-state index contributed by atoms with van der Waals surface area (Å²) in [5.41, 5.74) is 0. The van der Waals surface area contributed by atoms with Gasteiger partial charge in [0.2, 0.25) is 16.0 Å². The number of nitrogens with one attached hydrogen (secondary N) is 2. The minimum atomic E-state index is -3.47. The van der Waals surface area contributed by atoms with Crippen molar-refractivity contribution < 1.29 is 8.42 Å². The second-order valence-corrected chi connectivity index (χ2v) is 6.12. The van der Waals surface area contributed by atoms with Gasteiger partial charge in [0.25, 0.3) is 0 Å². The van der Waals surface area contributed by atoms with Crippen molar-refractivity contribution in [3.8, 4) is 0 Å². The molecule has 0 bridgehead atoms. The molecule has 0 saturated heterocycles. The van der Waals surface area contributed by atoms with Gasteiger partial charge in [-0.1, -0.05) is 13.3 Å². The minimum absolute atomic E-state index is 0.0773. The highest BCUT2D eigenvalue weighted by Crippen LogP contribution is 2.34. The van der Waals surface area contributed by atoms with Gasteiger partial charge in [0.1, 0.15) is 4.90 Å². The Balaban J connectivity index is 2.05. The second kappa shape index (κ2) is 5.19. The predicted molar refractivity (Wildman–Crippen MR) is 68.7 cm³/mol. The zero-order chi connectivity index (χ0) is 13.2. The van der Waals surface area contributed by atoms with Gasteiger partial charge in [-0.15, -0.1) is 0 Å². The van der Waals surface area contributed by atoms with Gasteiger partial charge in [-0.3, -0.25) is 0 Å². The summed E-state index contributed by atoms with van der Waals surface area (Å²) < 4.78 is 26.7. The molecule has 2 atom stereocenters. The molecule has 7 heteroatoms. The molecule has 1 aromatic rings. The molecule has 0 aliphatic heterocycles. The van der Waals surface area contributed by atoms with Crippen molar-refractivity contribution in [2.75, 3.05) is 11.9 Å². The lowest BCUT2D eigenvalue weighted by molar-refractivity contribution is 0.575. The molecule has 0 radical (unpaired) electrons. The fourth-order valence-electron chi connectivity index (χ4n) is 1.81. The van der Waals surface area contributed by atoms with E-state index in [-0.39, 0.29) is 10.9 Å². The normalized spacial score (nSPS) is 22.8. The molecular weight excluding hydrogens is 252 g/mol. The van der Waals surface area contributed by atoms with Crippen LogP contribution in [-0.4, -0.2) is 31.0 Å². The van der Waals surface area contributed by atoms with Crippen LogP contribution in [0, 0.1) is 5.92 Å². The van der Waals surface area contributed by atoms with Gasteiger partial charge in [0.15, 0.2) is 0 Å². The predicted octanol–water partition coefficient (Wildman–Crippen LogP) is 0.985. The third-order valence-electron chi connectivity index (χ3n) is 3.03. The van der Waals surface area contributed by atoms with Crippen LogP contribution in [0.15, 0.2) is 17.3 Å². The summed E-state index contributed by atoms with van der Waals surface area (Å²) in [6, 6.07) is 0.0773. The highest BCUT2D eigenvalue weighted by atomic mass is 32.2. The summed E-state index contributed by atoms with van der Waals surface area (Å²) in [6.45, 7) is 4.69. The summed E-state index contributed by atoms with van der Waals surface area (Å²) in [5, 5.41) is 2.92. The van der Waals surface area contributed by atoms with Crippen LogP contribution in [0.2, 0.25) is 0 Å². The SMILES string of the molecule is CCNc1ncc(S(=O)(=O)NC2CC2CC)cn1. The maximum atomic E-state index is 12.0. The zero-order valence-corrected chi connectivity index (χ0v) is 11.4. The molecule has 6 nitrogen and oxygen atoms in total. The average Bonchev–Trinajstić information content (AvgIpc) is 3.08. The molecule has 0 spiro atoms. The van der Waals surface area contributed by atoms with Gasteiger partial charge in [0.05, 0.1) is 12.4 Å². The van der Waals surface area contributed by atoms with Gasteiger partial charge >= 0.3 is 0 Å². The lowest BCUT2D eigenvalue weighted by Gasteiger charge is -2.06. The number of sulfonamides is 1. The number of anilines is 1. The van der Waals surface area contributed by atoms with E-state index in [4.69, 9.17) is 0 Å². The van der Waals surface area contributed by atoms with Crippen LogP contribution in [-0.2, 0) is 10.0 Å². The summed E-state index contributed by atoms with van der Waals surface area (Å²) in [5.74, 6) is 0.913. The van der Waals surface area contributed by atoms with Crippen molar-refractivity contribution in [2.45, 2.75) is 37.6 Å². The monoisotopic (exact) mass is 270 g/mol. The molecule has 1 aromatic heterocycles. The summed E-state index contributed by atoms with van der Waals surface area (Å²) in [7, 11) is -3.47. The molecule has 1 heterocycles. The van der Waals surface area contributed by atoms with E-state index in [9.17, 15) is 8.42 Å². The number of nitrogens with zero attached hydrogens (tertiary/aromatic N) is 2. The van der Waals surface area contributed by atoms with E-state index in [0.29, 0.717) is 18.4 Å². The Morgan fingerprint density at radius 2 is 2.00 bits per heavy atom. The zero-order valence-electron chi connectivity index (χ0n) is 10.5. The van der Waals surface area contributed by atoms with Gasteiger partial charge < -0.3 is 5.32 Å². The quantitative estimate of drug-likeness (QED) is 0.805. The lowest BCUT2D eigenvalue weighted by atomic mass is 10.3. The van der Waals surface area contributed by atoms with Crippen LogP contribution in [0.5, 0.6) is 0 Å². The van der Waals surface area contributed by atoms with Crippen LogP contribution in [0.4, 0.5) is 5.95 Å². The van der Waals surface area contributed by atoms with Crippen LogP contribution in [0.1, 0.15) is 26.7 Å². The number of hydrogen-bond donors (Lipinski definition) is 2. The Kier molecular flexibility index (Phi) is 3.82. The number of aromatic nitrogens is 2. The topological polar surface area (TPSA) is 84.0 Å². The van der Waals surface area contributed by atoms with E-state index in [1.807, 2.05) is 6.92 Å². The van der Waals surface area contributed by atoms with Crippen LogP contribution in [0.3, 0.4) is 0 Å². The summed E-state index contributed by atoms with van der Waals surface area (Å²) in [6.07, 6.45) is 4.59. The first-order valence-corrected chi connectivity index (χ1v) is 7.63. The fraction of sp³-hybridized carbons (Fsp3) is 0.636. The molecular formula is C11H18N4O2S. The average molecular weight is 270 g/mol. The van der Waals surface area contributed by atoms with E-state index < -0.39 is 10.0 Å². The minimum Gasteiger partial charge on any atom is -0.355 e. The van der Waals surface area contributed by atoms with E-state index in [0.717, 1.165) is 12.8 Å². The first-order chi connectivity index (χ1) is 8.56. The smallest absolute Gasteiger partial charge is 0.243 e. The molecule has 2 rings (SSSR count). The molecule has 1 aliphatic rings. The second-order valence-electron chi connectivity index (χ2n) is 4.40. The Morgan fingerprint density at radius 1 is 1.33 bits per heavy atom. The molecule has 0 aromatic carbocycles. The first-order valence-electron chi connectivity index (χ1n) is 6.15. The molecule has 1 saturated carbocycles. The molecule has 18 heavy (non-hydrogen) atoms. The van der Waals surface area contributed by atoms with Gasteiger partial charge in [-0.2, -0.15) is 0 Å². The van der Waals surface area contributed by atoms with Crippen LogP contribution < -0.4 is 10.0 Å². The molecule has 2 N–H and O–H groups in total. The number of hydrogen-bond acceptors (Lipinski definition) is 5. The third kappa shape index (κ3) is 2.97. The van der Waals surface area contributed by atoms with E-state index >= 15 is 0 Å². The van der Waals surface area contributed by atoms with E-state index in [1.165, 1.54) is 12.4 Å².